The summed E-state index contributed by atoms with van der Waals surface area (Å²) < 4.78 is 0. The Balaban J connectivity index is 1.37. The molecule has 27 heavy (non-hydrogen) atoms. The van der Waals surface area contributed by atoms with Crippen molar-refractivity contribution in [1.82, 2.24) is 15.5 Å². The molecular weight excluding hydrogens is 342 g/mol. The van der Waals surface area contributed by atoms with Gasteiger partial charge in [0.1, 0.15) is 0 Å². The van der Waals surface area contributed by atoms with Crippen LogP contribution in [0.1, 0.15) is 56.6 Å². The van der Waals surface area contributed by atoms with E-state index in [-0.39, 0.29) is 30.4 Å². The second kappa shape index (κ2) is 9.74. The third-order valence-corrected chi connectivity index (χ3v) is 5.82. The van der Waals surface area contributed by atoms with Crippen LogP contribution in [-0.2, 0) is 4.79 Å². The van der Waals surface area contributed by atoms with Gasteiger partial charge in [0.15, 0.2) is 0 Å². The summed E-state index contributed by atoms with van der Waals surface area (Å²) in [4.78, 5) is 26.1. The molecule has 3 N–H and O–H groups in total. The quantitative estimate of drug-likeness (QED) is 0.742. The summed E-state index contributed by atoms with van der Waals surface area (Å²) in [6.45, 7) is 1.28. The van der Waals surface area contributed by atoms with E-state index in [2.05, 4.69) is 10.6 Å². The van der Waals surface area contributed by atoms with Gasteiger partial charge in [-0.15, -0.1) is 0 Å². The maximum atomic E-state index is 12.4. The van der Waals surface area contributed by atoms with Gasteiger partial charge in [-0.25, -0.2) is 4.79 Å². The average Bonchev–Trinajstić information content (AvgIpc) is 2.73. The molecule has 0 radical (unpaired) electrons. The number of carbonyl (C=O) groups is 2. The summed E-state index contributed by atoms with van der Waals surface area (Å²) in [5, 5.41) is 16.2. The largest absolute Gasteiger partial charge is 0.388 e. The lowest BCUT2D eigenvalue weighted by atomic mass is 9.87. The molecule has 148 valence electrons. The Morgan fingerprint density at radius 1 is 1.04 bits per heavy atom. The fourth-order valence-electron chi connectivity index (χ4n) is 4.14. The molecule has 1 aromatic rings. The summed E-state index contributed by atoms with van der Waals surface area (Å²) in [6, 6.07) is 9.68. The Hall–Kier alpha value is -2.08. The number of aliphatic hydroxyl groups is 1. The molecule has 2 fully saturated rings. The molecule has 6 heteroatoms. The average molecular weight is 373 g/mol. The van der Waals surface area contributed by atoms with Crippen LogP contribution in [0.2, 0.25) is 0 Å². The molecule has 0 bridgehead atoms. The first-order valence-electron chi connectivity index (χ1n) is 10.2. The van der Waals surface area contributed by atoms with Crippen molar-refractivity contribution >= 4 is 11.9 Å². The van der Waals surface area contributed by atoms with Crippen LogP contribution in [0.15, 0.2) is 30.3 Å². The number of nitrogens with one attached hydrogen (secondary N) is 2. The Morgan fingerprint density at radius 2 is 1.70 bits per heavy atom. The van der Waals surface area contributed by atoms with E-state index in [0.29, 0.717) is 13.1 Å². The predicted octanol–water partition coefficient (Wildman–Crippen LogP) is 2.59. The number of hydrogen-bond donors (Lipinski definition) is 3. The zero-order valence-electron chi connectivity index (χ0n) is 15.9. The van der Waals surface area contributed by atoms with Crippen LogP contribution < -0.4 is 10.6 Å². The van der Waals surface area contributed by atoms with Crippen molar-refractivity contribution in [3.63, 3.8) is 0 Å². The minimum atomic E-state index is -0.483. The highest BCUT2D eigenvalue weighted by molar-refractivity contribution is 5.84. The SMILES string of the molecule is O=C(NCC(=O)N1CCC(C(O)c2ccccc2)CC1)NC1CCCCC1. The van der Waals surface area contributed by atoms with Crippen molar-refractivity contribution in [2.45, 2.75) is 57.1 Å². The molecule has 0 spiro atoms. The van der Waals surface area contributed by atoms with E-state index < -0.39 is 6.10 Å². The molecule has 1 atom stereocenters. The normalized spacial score (nSPS) is 20.1. The third kappa shape index (κ3) is 5.70. The second-order valence-electron chi connectivity index (χ2n) is 7.74. The number of carbonyl (C=O) groups excluding carboxylic acids is 2. The van der Waals surface area contributed by atoms with Crippen LogP contribution in [0.3, 0.4) is 0 Å². The van der Waals surface area contributed by atoms with E-state index in [0.717, 1.165) is 44.1 Å². The summed E-state index contributed by atoms with van der Waals surface area (Å²) >= 11 is 0. The van der Waals surface area contributed by atoms with E-state index in [1.807, 2.05) is 30.3 Å². The molecular formula is C21H31N3O3. The monoisotopic (exact) mass is 373 g/mol. The zero-order chi connectivity index (χ0) is 19.1. The minimum absolute atomic E-state index is 0.0322. The van der Waals surface area contributed by atoms with Crippen molar-refractivity contribution < 1.29 is 14.7 Å². The van der Waals surface area contributed by atoms with Gasteiger partial charge < -0.3 is 20.6 Å². The number of aliphatic hydroxyl groups excluding tert-OH is 1. The van der Waals surface area contributed by atoms with E-state index in [4.69, 9.17) is 0 Å². The standard InChI is InChI=1S/C21H31N3O3/c25-19(15-22-21(27)23-18-9-5-2-6-10-18)24-13-11-17(12-14-24)20(26)16-7-3-1-4-8-16/h1,3-4,7-8,17-18,20,26H,2,5-6,9-15H2,(H2,22,23,27). The highest BCUT2D eigenvalue weighted by atomic mass is 16.3. The molecule has 1 aliphatic heterocycles. The van der Waals surface area contributed by atoms with E-state index >= 15 is 0 Å². The smallest absolute Gasteiger partial charge is 0.315 e. The number of amides is 3. The molecule has 1 saturated carbocycles. The lowest BCUT2D eigenvalue weighted by Gasteiger charge is -2.34. The lowest BCUT2D eigenvalue weighted by Crippen LogP contribution is -2.48. The first kappa shape index (κ1) is 19.7. The van der Waals surface area contributed by atoms with Gasteiger partial charge in [0.05, 0.1) is 12.6 Å². The molecule has 6 nitrogen and oxygen atoms in total. The molecule has 1 saturated heterocycles. The van der Waals surface area contributed by atoms with Crippen molar-refractivity contribution in [2.75, 3.05) is 19.6 Å². The molecule has 3 rings (SSSR count). The van der Waals surface area contributed by atoms with Crippen molar-refractivity contribution in [3.8, 4) is 0 Å². The van der Waals surface area contributed by atoms with Crippen LogP contribution in [0.25, 0.3) is 0 Å². The van der Waals surface area contributed by atoms with Gasteiger partial charge in [0.2, 0.25) is 5.91 Å². The zero-order valence-corrected chi connectivity index (χ0v) is 15.9. The van der Waals surface area contributed by atoms with Crippen LogP contribution in [-0.4, -0.2) is 47.6 Å². The second-order valence-corrected chi connectivity index (χ2v) is 7.74. The van der Waals surface area contributed by atoms with Gasteiger partial charge in [-0.05, 0) is 37.2 Å². The molecule has 0 aromatic heterocycles. The summed E-state index contributed by atoms with van der Waals surface area (Å²) in [6.07, 6.45) is 6.68. The number of piperidine rings is 1. The number of rotatable bonds is 5. The minimum Gasteiger partial charge on any atom is -0.388 e. The van der Waals surface area contributed by atoms with Crippen molar-refractivity contribution in [1.29, 1.82) is 0 Å². The molecule has 2 aliphatic rings. The number of hydrogen-bond acceptors (Lipinski definition) is 3. The van der Waals surface area contributed by atoms with Crippen LogP contribution in [0, 0.1) is 5.92 Å². The number of benzene rings is 1. The topological polar surface area (TPSA) is 81.7 Å². The van der Waals surface area contributed by atoms with Crippen LogP contribution in [0.5, 0.6) is 0 Å². The van der Waals surface area contributed by atoms with Gasteiger partial charge in [-0.1, -0.05) is 49.6 Å². The maximum absolute atomic E-state index is 12.4. The van der Waals surface area contributed by atoms with Gasteiger partial charge in [0.25, 0.3) is 0 Å². The van der Waals surface area contributed by atoms with Gasteiger partial charge in [0, 0.05) is 19.1 Å². The summed E-state index contributed by atoms with van der Waals surface area (Å²) in [7, 11) is 0. The lowest BCUT2D eigenvalue weighted by molar-refractivity contribution is -0.132. The van der Waals surface area contributed by atoms with Crippen molar-refractivity contribution in [2.24, 2.45) is 5.92 Å². The van der Waals surface area contributed by atoms with E-state index in [9.17, 15) is 14.7 Å². The van der Waals surface area contributed by atoms with Gasteiger partial charge in [-0.2, -0.15) is 0 Å². The molecule has 1 heterocycles. The number of likely N-dealkylation sites (tertiary alicyclic amines) is 1. The summed E-state index contributed by atoms with van der Waals surface area (Å²) in [5.41, 5.74) is 0.934. The van der Waals surface area contributed by atoms with E-state index in [1.54, 1.807) is 4.90 Å². The predicted molar refractivity (Wildman–Crippen MR) is 104 cm³/mol. The fraction of sp³-hybridized carbons (Fsp3) is 0.619. The Bertz CT molecular complexity index is 608. The van der Waals surface area contributed by atoms with Gasteiger partial charge in [-0.3, -0.25) is 4.79 Å². The number of nitrogens with zero attached hydrogens (tertiary/aromatic N) is 1. The van der Waals surface area contributed by atoms with Crippen LogP contribution >= 0.6 is 0 Å². The molecule has 1 unspecified atom stereocenters. The van der Waals surface area contributed by atoms with Crippen LogP contribution in [0.4, 0.5) is 4.79 Å². The highest BCUT2D eigenvalue weighted by Gasteiger charge is 2.28. The Morgan fingerprint density at radius 3 is 2.37 bits per heavy atom. The van der Waals surface area contributed by atoms with Crippen molar-refractivity contribution in [3.05, 3.63) is 35.9 Å². The first-order valence-corrected chi connectivity index (χ1v) is 10.2. The molecule has 1 aliphatic carbocycles. The Labute approximate surface area is 161 Å². The third-order valence-electron chi connectivity index (χ3n) is 5.82. The van der Waals surface area contributed by atoms with Gasteiger partial charge >= 0.3 is 6.03 Å². The fourth-order valence-corrected chi connectivity index (χ4v) is 4.14. The molecule has 1 aromatic carbocycles. The highest BCUT2D eigenvalue weighted by Crippen LogP contribution is 2.30. The first-order chi connectivity index (χ1) is 13.1. The summed E-state index contributed by atoms with van der Waals surface area (Å²) in [5.74, 6) is 0.112. The number of urea groups is 1. The maximum Gasteiger partial charge on any atom is 0.315 e. The van der Waals surface area contributed by atoms with E-state index in [1.165, 1.54) is 6.42 Å². The Kier molecular flexibility index (Phi) is 7.10. The molecule has 3 amide bonds.